The highest BCUT2D eigenvalue weighted by Gasteiger charge is 2.53. The van der Waals surface area contributed by atoms with Crippen LogP contribution in [-0.2, 0) is 9.59 Å². The zero-order chi connectivity index (χ0) is 13.3. The highest BCUT2D eigenvalue weighted by Crippen LogP contribution is 2.53. The van der Waals surface area contributed by atoms with Crippen LogP contribution in [0.4, 0.5) is 0 Å². The van der Waals surface area contributed by atoms with Crippen LogP contribution in [0.1, 0.15) is 46.0 Å². The normalized spacial score (nSPS) is 30.1. The largest absolute Gasteiger partial charge is 0.369 e. The van der Waals surface area contributed by atoms with Crippen LogP contribution in [0.2, 0.25) is 0 Å². The summed E-state index contributed by atoms with van der Waals surface area (Å²) in [7, 11) is 0. The van der Waals surface area contributed by atoms with Gasteiger partial charge in [-0.15, -0.1) is 0 Å². The van der Waals surface area contributed by atoms with Crippen LogP contribution in [0, 0.1) is 23.2 Å². The van der Waals surface area contributed by atoms with Crippen molar-refractivity contribution in [2.45, 2.75) is 46.0 Å². The second-order valence-electron chi connectivity index (χ2n) is 6.03. The highest BCUT2D eigenvalue weighted by atomic mass is 16.2. The summed E-state index contributed by atoms with van der Waals surface area (Å²) in [6.07, 6.45) is 4.59. The minimum atomic E-state index is -0.554. The molecular weight excluding hydrogens is 228 g/mol. The maximum absolute atomic E-state index is 12.2. The Morgan fingerprint density at radius 3 is 2.39 bits per heavy atom. The monoisotopic (exact) mass is 252 g/mol. The van der Waals surface area contributed by atoms with Crippen LogP contribution in [0.3, 0.4) is 0 Å². The molecule has 0 radical (unpaired) electrons. The van der Waals surface area contributed by atoms with Gasteiger partial charge in [-0.3, -0.25) is 9.59 Å². The van der Waals surface area contributed by atoms with Crippen molar-refractivity contribution in [2.75, 3.05) is 6.54 Å². The Bertz CT molecular complexity index is 350. The maximum Gasteiger partial charge on any atom is 0.224 e. The van der Waals surface area contributed by atoms with Crippen molar-refractivity contribution in [3.8, 4) is 0 Å². The van der Waals surface area contributed by atoms with Gasteiger partial charge in [0.1, 0.15) is 0 Å². The van der Waals surface area contributed by atoms with Crippen LogP contribution in [-0.4, -0.2) is 18.4 Å². The fourth-order valence-electron chi connectivity index (χ4n) is 3.24. The fraction of sp³-hybridized carbons (Fsp3) is 0.857. The first-order valence-electron chi connectivity index (χ1n) is 7.09. The minimum Gasteiger partial charge on any atom is -0.369 e. The number of carbonyl (C=O) groups excluding carboxylic acids is 2. The van der Waals surface area contributed by atoms with Crippen molar-refractivity contribution in [2.24, 2.45) is 28.9 Å². The van der Waals surface area contributed by atoms with Gasteiger partial charge in [-0.1, -0.05) is 13.3 Å². The van der Waals surface area contributed by atoms with Gasteiger partial charge in [0.15, 0.2) is 0 Å². The molecule has 2 aliphatic carbocycles. The number of nitrogens with two attached hydrogens (primary N) is 1. The van der Waals surface area contributed by atoms with Gasteiger partial charge in [0.2, 0.25) is 11.8 Å². The zero-order valence-electron chi connectivity index (χ0n) is 11.4. The van der Waals surface area contributed by atoms with Crippen molar-refractivity contribution in [3.63, 3.8) is 0 Å². The molecule has 4 heteroatoms. The van der Waals surface area contributed by atoms with E-state index in [0.717, 1.165) is 25.7 Å². The van der Waals surface area contributed by atoms with Gasteiger partial charge in [-0.25, -0.2) is 0 Å². The van der Waals surface area contributed by atoms with Crippen molar-refractivity contribution in [1.82, 2.24) is 5.32 Å². The highest BCUT2D eigenvalue weighted by molar-refractivity contribution is 5.90. The smallest absolute Gasteiger partial charge is 0.224 e. The third-order valence-corrected chi connectivity index (χ3v) is 4.89. The molecule has 0 aromatic rings. The molecule has 2 fully saturated rings. The molecule has 3 unspecified atom stereocenters. The van der Waals surface area contributed by atoms with Crippen LogP contribution < -0.4 is 11.1 Å². The number of rotatable bonds is 6. The standard InChI is InChI=1S/C14H24N2O2/c1-3-16-12(17)11(8-10-7-9(10)2)14(13(15)18)5-4-6-14/h9-11H,3-8H2,1-2H3,(H2,15,18)(H,16,17). The van der Waals surface area contributed by atoms with E-state index in [1.165, 1.54) is 6.42 Å². The van der Waals surface area contributed by atoms with E-state index in [1.807, 2.05) is 6.92 Å². The van der Waals surface area contributed by atoms with Crippen LogP contribution >= 0.6 is 0 Å². The summed E-state index contributed by atoms with van der Waals surface area (Å²) in [5.41, 5.74) is 5.03. The molecule has 2 aliphatic rings. The maximum atomic E-state index is 12.2. The van der Waals surface area contributed by atoms with E-state index in [0.29, 0.717) is 18.4 Å². The van der Waals surface area contributed by atoms with Crippen molar-refractivity contribution < 1.29 is 9.59 Å². The number of hydrogen-bond donors (Lipinski definition) is 2. The molecule has 0 aromatic carbocycles. The first-order valence-corrected chi connectivity index (χ1v) is 7.09. The SMILES string of the molecule is CCNC(=O)C(CC1CC1C)C1(C(N)=O)CCC1. The number of hydrogen-bond acceptors (Lipinski definition) is 2. The summed E-state index contributed by atoms with van der Waals surface area (Å²) in [5.74, 6) is 0.841. The lowest BCUT2D eigenvalue weighted by Crippen LogP contribution is -2.53. The van der Waals surface area contributed by atoms with Crippen LogP contribution in [0.15, 0.2) is 0 Å². The Balaban J connectivity index is 2.12. The summed E-state index contributed by atoms with van der Waals surface area (Å²) >= 11 is 0. The zero-order valence-corrected chi connectivity index (χ0v) is 11.4. The van der Waals surface area contributed by atoms with Gasteiger partial charge in [-0.05, 0) is 44.4 Å². The van der Waals surface area contributed by atoms with Gasteiger partial charge in [0, 0.05) is 6.54 Å². The lowest BCUT2D eigenvalue weighted by atomic mass is 9.59. The van der Waals surface area contributed by atoms with Crippen molar-refractivity contribution >= 4 is 11.8 Å². The predicted molar refractivity (Wildman–Crippen MR) is 69.5 cm³/mol. The Labute approximate surface area is 109 Å². The number of amides is 2. The van der Waals surface area contributed by atoms with Crippen molar-refractivity contribution in [3.05, 3.63) is 0 Å². The Hall–Kier alpha value is -1.06. The van der Waals surface area contributed by atoms with Crippen LogP contribution in [0.5, 0.6) is 0 Å². The number of nitrogens with one attached hydrogen (secondary N) is 1. The molecule has 0 spiro atoms. The van der Waals surface area contributed by atoms with E-state index >= 15 is 0 Å². The first-order chi connectivity index (χ1) is 8.51. The summed E-state index contributed by atoms with van der Waals surface area (Å²) in [6, 6.07) is 0. The molecule has 2 rings (SSSR count). The average Bonchev–Trinajstić information content (AvgIpc) is 2.91. The summed E-state index contributed by atoms with van der Waals surface area (Å²) < 4.78 is 0. The Morgan fingerprint density at radius 1 is 1.44 bits per heavy atom. The van der Waals surface area contributed by atoms with E-state index in [4.69, 9.17) is 5.73 Å². The van der Waals surface area contributed by atoms with E-state index < -0.39 is 5.41 Å². The molecule has 0 aliphatic heterocycles. The summed E-state index contributed by atoms with van der Waals surface area (Å²) in [5, 5.41) is 2.88. The molecule has 2 saturated carbocycles. The second-order valence-corrected chi connectivity index (χ2v) is 6.03. The second kappa shape index (κ2) is 4.90. The molecule has 18 heavy (non-hydrogen) atoms. The Morgan fingerprint density at radius 2 is 2.06 bits per heavy atom. The summed E-state index contributed by atoms with van der Waals surface area (Å²) in [6.45, 7) is 4.73. The van der Waals surface area contributed by atoms with Crippen molar-refractivity contribution in [1.29, 1.82) is 0 Å². The number of carbonyl (C=O) groups is 2. The van der Waals surface area contributed by atoms with E-state index in [1.54, 1.807) is 0 Å². The molecule has 2 amide bonds. The first kappa shape index (κ1) is 13.4. The summed E-state index contributed by atoms with van der Waals surface area (Å²) in [4.78, 5) is 24.0. The lowest BCUT2D eigenvalue weighted by molar-refractivity contribution is -0.147. The third-order valence-electron chi connectivity index (χ3n) is 4.89. The Kier molecular flexibility index (Phi) is 3.64. The van der Waals surface area contributed by atoms with E-state index in [2.05, 4.69) is 12.2 Å². The van der Waals surface area contributed by atoms with Crippen LogP contribution in [0.25, 0.3) is 0 Å². The average molecular weight is 252 g/mol. The molecular formula is C14H24N2O2. The molecule has 0 bridgehead atoms. The predicted octanol–water partition coefficient (Wildman–Crippen LogP) is 1.44. The molecule has 4 nitrogen and oxygen atoms in total. The van der Waals surface area contributed by atoms with Gasteiger partial charge in [0.25, 0.3) is 0 Å². The topological polar surface area (TPSA) is 72.2 Å². The van der Waals surface area contributed by atoms with Gasteiger partial charge in [0.05, 0.1) is 11.3 Å². The third kappa shape index (κ3) is 2.25. The minimum absolute atomic E-state index is 0.0232. The van der Waals surface area contributed by atoms with E-state index in [9.17, 15) is 9.59 Å². The molecule has 0 aromatic heterocycles. The lowest BCUT2D eigenvalue weighted by Gasteiger charge is -2.44. The molecule has 3 atom stereocenters. The quantitative estimate of drug-likeness (QED) is 0.751. The van der Waals surface area contributed by atoms with Gasteiger partial charge in [-0.2, -0.15) is 0 Å². The molecule has 102 valence electrons. The van der Waals surface area contributed by atoms with Gasteiger partial charge >= 0.3 is 0 Å². The van der Waals surface area contributed by atoms with E-state index in [-0.39, 0.29) is 17.7 Å². The fourth-order valence-corrected chi connectivity index (χ4v) is 3.24. The molecule has 0 heterocycles. The van der Waals surface area contributed by atoms with Gasteiger partial charge < -0.3 is 11.1 Å². The number of primary amides is 1. The molecule has 3 N–H and O–H groups in total. The molecule has 0 saturated heterocycles.